The molecular formula is C28H37N5O. The highest BCUT2D eigenvalue weighted by Gasteiger charge is 2.39. The van der Waals surface area contributed by atoms with Crippen molar-refractivity contribution >= 4 is 16.7 Å². The standard InChI is InChI=1S/C28H37N5O/c1-27(2)16-23(17-28(3,4)32-27)33(5)26-9-8-25(30-31-26)20-6-7-24-21(14-20)15-22(18-29-24)19-10-12-34-13-11-19/h6-9,14-15,18-19,23,32H,10-13,16-17H2,1-5H3. The van der Waals surface area contributed by atoms with E-state index < -0.39 is 0 Å². The molecule has 0 unspecified atom stereocenters. The maximum absolute atomic E-state index is 5.53. The zero-order valence-electron chi connectivity index (χ0n) is 21.1. The molecule has 0 radical (unpaired) electrons. The maximum atomic E-state index is 5.53. The number of nitrogens with zero attached hydrogens (tertiary/aromatic N) is 4. The Labute approximate surface area is 203 Å². The van der Waals surface area contributed by atoms with Crippen molar-refractivity contribution in [3.63, 3.8) is 0 Å². The Bertz CT molecular complexity index is 1140. The van der Waals surface area contributed by atoms with Gasteiger partial charge in [0.1, 0.15) is 0 Å². The minimum Gasteiger partial charge on any atom is -0.381 e. The van der Waals surface area contributed by atoms with Gasteiger partial charge >= 0.3 is 0 Å². The van der Waals surface area contributed by atoms with Crippen LogP contribution in [0.1, 0.15) is 64.9 Å². The number of benzene rings is 1. The zero-order valence-corrected chi connectivity index (χ0v) is 21.1. The first-order valence-electron chi connectivity index (χ1n) is 12.5. The first-order valence-corrected chi connectivity index (χ1v) is 12.5. The van der Waals surface area contributed by atoms with E-state index in [0.29, 0.717) is 12.0 Å². The van der Waals surface area contributed by atoms with E-state index >= 15 is 0 Å². The van der Waals surface area contributed by atoms with Gasteiger partial charge in [0, 0.05) is 54.5 Å². The van der Waals surface area contributed by atoms with Crippen molar-refractivity contribution in [2.75, 3.05) is 25.2 Å². The third-order valence-corrected chi connectivity index (χ3v) is 7.42. The van der Waals surface area contributed by atoms with Crippen LogP contribution in [-0.4, -0.2) is 52.6 Å². The highest BCUT2D eigenvalue weighted by Crippen LogP contribution is 2.33. The molecule has 6 heteroatoms. The van der Waals surface area contributed by atoms with Crippen LogP contribution in [0.4, 0.5) is 5.82 Å². The molecule has 0 atom stereocenters. The lowest BCUT2D eigenvalue weighted by atomic mass is 9.79. The normalized spacial score (nSPS) is 21.0. The van der Waals surface area contributed by atoms with Gasteiger partial charge in [-0.15, -0.1) is 10.2 Å². The fourth-order valence-corrected chi connectivity index (χ4v) is 5.96. The maximum Gasteiger partial charge on any atom is 0.151 e. The summed E-state index contributed by atoms with van der Waals surface area (Å²) < 4.78 is 5.53. The van der Waals surface area contributed by atoms with Crippen LogP contribution in [0.15, 0.2) is 42.6 Å². The van der Waals surface area contributed by atoms with E-state index in [9.17, 15) is 0 Å². The van der Waals surface area contributed by atoms with Gasteiger partial charge < -0.3 is 15.0 Å². The average molecular weight is 460 g/mol. The molecule has 0 spiro atoms. The third kappa shape index (κ3) is 4.93. The van der Waals surface area contributed by atoms with E-state index in [0.717, 1.165) is 66.9 Å². The van der Waals surface area contributed by atoms with Crippen molar-refractivity contribution in [3.05, 3.63) is 48.2 Å². The lowest BCUT2D eigenvalue weighted by Gasteiger charge is -2.49. The number of aromatic nitrogens is 3. The fraction of sp³-hybridized carbons (Fsp3) is 0.536. The smallest absolute Gasteiger partial charge is 0.151 e. The van der Waals surface area contributed by atoms with Crippen molar-refractivity contribution in [1.82, 2.24) is 20.5 Å². The molecule has 1 N–H and O–H groups in total. The molecule has 1 aromatic carbocycles. The van der Waals surface area contributed by atoms with Gasteiger partial charge in [0.2, 0.25) is 0 Å². The molecule has 0 amide bonds. The van der Waals surface area contributed by atoms with Crippen LogP contribution >= 0.6 is 0 Å². The van der Waals surface area contributed by atoms with Crippen molar-refractivity contribution in [2.24, 2.45) is 0 Å². The first kappa shape index (κ1) is 23.2. The minimum atomic E-state index is 0.0939. The van der Waals surface area contributed by atoms with Gasteiger partial charge in [-0.05, 0) is 95.2 Å². The summed E-state index contributed by atoms with van der Waals surface area (Å²) in [4.78, 5) is 7.01. The van der Waals surface area contributed by atoms with E-state index in [-0.39, 0.29) is 11.1 Å². The van der Waals surface area contributed by atoms with Crippen LogP contribution in [0.25, 0.3) is 22.2 Å². The van der Waals surface area contributed by atoms with Crippen LogP contribution in [-0.2, 0) is 4.74 Å². The van der Waals surface area contributed by atoms with E-state index in [1.54, 1.807) is 0 Å². The Morgan fingerprint density at radius 3 is 2.35 bits per heavy atom. The lowest BCUT2D eigenvalue weighted by Crippen LogP contribution is -2.62. The summed E-state index contributed by atoms with van der Waals surface area (Å²) in [6.07, 6.45) is 6.32. The molecule has 2 saturated heterocycles. The number of hydrogen-bond acceptors (Lipinski definition) is 6. The third-order valence-electron chi connectivity index (χ3n) is 7.42. The largest absolute Gasteiger partial charge is 0.381 e. The number of hydrogen-bond donors (Lipinski definition) is 1. The number of pyridine rings is 1. The Hall–Kier alpha value is -2.57. The van der Waals surface area contributed by atoms with E-state index in [1.165, 1.54) is 5.56 Å². The van der Waals surface area contributed by atoms with Gasteiger partial charge in [0.05, 0.1) is 11.2 Å². The molecule has 0 aliphatic carbocycles. The Morgan fingerprint density at radius 1 is 0.941 bits per heavy atom. The molecule has 0 saturated carbocycles. The summed E-state index contributed by atoms with van der Waals surface area (Å²) >= 11 is 0. The van der Waals surface area contributed by atoms with Gasteiger partial charge in [0.25, 0.3) is 0 Å². The Kier molecular flexibility index (Phi) is 6.07. The molecular weight excluding hydrogens is 422 g/mol. The van der Waals surface area contributed by atoms with Gasteiger partial charge in [-0.2, -0.15) is 0 Å². The van der Waals surface area contributed by atoms with Gasteiger partial charge in [-0.1, -0.05) is 6.07 Å². The van der Waals surface area contributed by atoms with Crippen molar-refractivity contribution in [2.45, 2.75) is 76.4 Å². The molecule has 2 fully saturated rings. The predicted molar refractivity (Wildman–Crippen MR) is 138 cm³/mol. The summed E-state index contributed by atoms with van der Waals surface area (Å²) in [5.74, 6) is 1.46. The fourth-order valence-electron chi connectivity index (χ4n) is 5.96. The minimum absolute atomic E-state index is 0.0939. The molecule has 6 nitrogen and oxygen atoms in total. The second kappa shape index (κ2) is 8.90. The van der Waals surface area contributed by atoms with E-state index in [4.69, 9.17) is 9.72 Å². The highest BCUT2D eigenvalue weighted by molar-refractivity contribution is 5.84. The van der Waals surface area contributed by atoms with Crippen LogP contribution in [0.5, 0.6) is 0 Å². The lowest BCUT2D eigenvalue weighted by molar-refractivity contribution is 0.0853. The number of rotatable bonds is 4. The molecule has 34 heavy (non-hydrogen) atoms. The molecule has 0 bridgehead atoms. The highest BCUT2D eigenvalue weighted by atomic mass is 16.5. The zero-order chi connectivity index (χ0) is 23.9. The molecule has 2 aliphatic heterocycles. The number of ether oxygens (including phenoxy) is 1. The van der Waals surface area contributed by atoms with Crippen molar-refractivity contribution in [3.8, 4) is 11.3 Å². The van der Waals surface area contributed by atoms with Crippen LogP contribution in [0, 0.1) is 0 Å². The summed E-state index contributed by atoms with van der Waals surface area (Å²) in [6, 6.07) is 13.3. The summed E-state index contributed by atoms with van der Waals surface area (Å²) in [7, 11) is 2.14. The average Bonchev–Trinajstić information content (AvgIpc) is 2.81. The molecule has 5 rings (SSSR count). The second-order valence-corrected chi connectivity index (χ2v) is 11.4. The SMILES string of the molecule is CN(c1ccc(-c2ccc3ncc(C4CCOCC4)cc3c2)nn1)C1CC(C)(C)NC(C)(C)C1. The molecule has 2 aliphatic rings. The van der Waals surface area contributed by atoms with E-state index in [2.05, 4.69) is 91.6 Å². The molecule has 4 heterocycles. The van der Waals surface area contributed by atoms with Crippen molar-refractivity contribution in [1.29, 1.82) is 0 Å². The quantitative estimate of drug-likeness (QED) is 0.569. The van der Waals surface area contributed by atoms with Gasteiger partial charge in [0.15, 0.2) is 5.82 Å². The molecule has 2 aromatic heterocycles. The first-order chi connectivity index (χ1) is 16.2. The topological polar surface area (TPSA) is 63.2 Å². The predicted octanol–water partition coefficient (Wildman–Crippen LogP) is 5.33. The number of piperidine rings is 1. The number of nitrogens with one attached hydrogen (secondary N) is 1. The monoisotopic (exact) mass is 459 g/mol. The Balaban J connectivity index is 1.36. The van der Waals surface area contributed by atoms with Gasteiger partial charge in [-0.3, -0.25) is 4.98 Å². The summed E-state index contributed by atoms with van der Waals surface area (Å²) in [5.41, 5.74) is 4.47. The van der Waals surface area contributed by atoms with Crippen molar-refractivity contribution < 1.29 is 4.74 Å². The number of fused-ring (bicyclic) bond motifs is 1. The van der Waals surface area contributed by atoms with Crippen LogP contribution in [0.2, 0.25) is 0 Å². The molecule has 180 valence electrons. The van der Waals surface area contributed by atoms with E-state index in [1.807, 2.05) is 6.20 Å². The van der Waals surface area contributed by atoms with Crippen LogP contribution < -0.4 is 10.2 Å². The summed E-state index contributed by atoms with van der Waals surface area (Å²) in [6.45, 7) is 10.8. The van der Waals surface area contributed by atoms with Gasteiger partial charge in [-0.25, -0.2) is 0 Å². The summed E-state index contributed by atoms with van der Waals surface area (Å²) in [5, 5.41) is 14.2. The van der Waals surface area contributed by atoms with Crippen LogP contribution in [0.3, 0.4) is 0 Å². The molecule has 3 aromatic rings. The number of anilines is 1. The Morgan fingerprint density at radius 2 is 1.68 bits per heavy atom. The second-order valence-electron chi connectivity index (χ2n) is 11.4.